The summed E-state index contributed by atoms with van der Waals surface area (Å²) in [5.74, 6) is -0.665. The minimum Gasteiger partial charge on any atom is -0.449 e. The second-order valence-electron chi connectivity index (χ2n) is 5.71. The average Bonchev–Trinajstić information content (AvgIpc) is 2.89. The smallest absolute Gasteiger partial charge is 0.344 e. The van der Waals surface area contributed by atoms with Crippen molar-refractivity contribution in [2.45, 2.75) is 39.7 Å². The fraction of sp³-hybridized carbons (Fsp3) is 0.353. The van der Waals surface area contributed by atoms with Gasteiger partial charge >= 0.3 is 5.97 Å². The summed E-state index contributed by atoms with van der Waals surface area (Å²) in [5, 5.41) is 6.94. The lowest BCUT2D eigenvalue weighted by molar-refractivity contribution is -0.123. The van der Waals surface area contributed by atoms with Crippen molar-refractivity contribution in [3.05, 3.63) is 46.3 Å². The van der Waals surface area contributed by atoms with Gasteiger partial charge in [0.25, 0.3) is 5.91 Å². The first-order chi connectivity index (χ1) is 11.3. The highest BCUT2D eigenvalue weighted by Gasteiger charge is 2.27. The molecular formula is C17H19ClN2O4. The molecular weight excluding hydrogens is 332 g/mol. The molecule has 0 radical (unpaired) electrons. The Bertz CT molecular complexity index is 755. The molecule has 2 rings (SSSR count). The summed E-state index contributed by atoms with van der Waals surface area (Å²) in [6.45, 7) is 6.91. The number of rotatable bonds is 5. The van der Waals surface area contributed by atoms with Crippen LogP contribution in [0.1, 0.15) is 48.5 Å². The Morgan fingerprint density at radius 3 is 2.62 bits per heavy atom. The van der Waals surface area contributed by atoms with Gasteiger partial charge in [0, 0.05) is 16.6 Å². The van der Waals surface area contributed by atoms with Crippen molar-refractivity contribution in [3.8, 4) is 0 Å². The summed E-state index contributed by atoms with van der Waals surface area (Å²) in [6.07, 6.45) is -0.981. The van der Waals surface area contributed by atoms with Crippen LogP contribution in [0.3, 0.4) is 0 Å². The van der Waals surface area contributed by atoms with Crippen LogP contribution in [0.4, 0.5) is 5.69 Å². The van der Waals surface area contributed by atoms with Crippen LogP contribution in [-0.4, -0.2) is 23.1 Å². The van der Waals surface area contributed by atoms with E-state index in [1.807, 2.05) is 13.8 Å². The van der Waals surface area contributed by atoms with E-state index in [2.05, 4.69) is 10.5 Å². The highest BCUT2D eigenvalue weighted by molar-refractivity contribution is 6.30. The molecule has 0 aliphatic heterocycles. The van der Waals surface area contributed by atoms with Crippen molar-refractivity contribution >= 4 is 29.2 Å². The lowest BCUT2D eigenvalue weighted by atomic mass is 10.1. The lowest BCUT2D eigenvalue weighted by Crippen LogP contribution is -2.30. The van der Waals surface area contributed by atoms with E-state index in [1.54, 1.807) is 31.2 Å². The minimum atomic E-state index is -0.981. The Morgan fingerprint density at radius 1 is 1.29 bits per heavy atom. The molecule has 128 valence electrons. The zero-order valence-corrected chi connectivity index (χ0v) is 14.7. The first-order valence-corrected chi connectivity index (χ1v) is 7.91. The van der Waals surface area contributed by atoms with Crippen molar-refractivity contribution in [2.75, 3.05) is 5.32 Å². The molecule has 0 bridgehead atoms. The zero-order valence-electron chi connectivity index (χ0n) is 13.9. The van der Waals surface area contributed by atoms with E-state index in [1.165, 1.54) is 6.92 Å². The molecule has 1 N–H and O–H groups in total. The molecule has 1 aromatic heterocycles. The standard InChI is InChI=1S/C17H19ClN2O4/c1-9(2)15-14(10(3)20-24-15)17(22)23-11(4)16(21)19-13-7-5-6-12(18)8-13/h5-9,11H,1-4H3,(H,19,21)/t11-/m0/s1. The fourth-order valence-corrected chi connectivity index (χ4v) is 2.30. The van der Waals surface area contributed by atoms with E-state index in [9.17, 15) is 9.59 Å². The minimum absolute atomic E-state index is 0.0238. The molecule has 0 fully saturated rings. The van der Waals surface area contributed by atoms with Gasteiger partial charge in [-0.15, -0.1) is 0 Å². The lowest BCUT2D eigenvalue weighted by Gasteiger charge is -2.14. The number of anilines is 1. The van der Waals surface area contributed by atoms with E-state index in [4.69, 9.17) is 20.9 Å². The van der Waals surface area contributed by atoms with Gasteiger partial charge in [-0.05, 0) is 32.0 Å². The summed E-state index contributed by atoms with van der Waals surface area (Å²) < 4.78 is 10.4. The largest absolute Gasteiger partial charge is 0.449 e. The number of aryl methyl sites for hydroxylation is 1. The van der Waals surface area contributed by atoms with Gasteiger partial charge in [-0.1, -0.05) is 36.7 Å². The Labute approximate surface area is 145 Å². The first-order valence-electron chi connectivity index (χ1n) is 7.53. The van der Waals surface area contributed by atoms with Crippen LogP contribution in [0.5, 0.6) is 0 Å². The summed E-state index contributed by atoms with van der Waals surface area (Å²) in [6, 6.07) is 6.71. The van der Waals surface area contributed by atoms with Gasteiger partial charge in [0.2, 0.25) is 0 Å². The molecule has 0 saturated heterocycles. The van der Waals surface area contributed by atoms with Crippen molar-refractivity contribution < 1.29 is 18.8 Å². The Balaban J connectivity index is 2.06. The maximum Gasteiger partial charge on any atom is 0.344 e. The van der Waals surface area contributed by atoms with Crippen LogP contribution in [0.25, 0.3) is 0 Å². The van der Waals surface area contributed by atoms with Crippen molar-refractivity contribution in [2.24, 2.45) is 0 Å². The number of esters is 1. The SMILES string of the molecule is Cc1noc(C(C)C)c1C(=O)O[C@@H](C)C(=O)Nc1cccc(Cl)c1. The number of ether oxygens (including phenoxy) is 1. The normalized spacial score (nSPS) is 12.1. The third-order valence-electron chi connectivity index (χ3n) is 3.36. The van der Waals surface area contributed by atoms with Gasteiger partial charge in [0.15, 0.2) is 11.9 Å². The number of carbonyl (C=O) groups excluding carboxylic acids is 2. The molecule has 0 saturated carbocycles. The predicted octanol–water partition coefficient (Wildman–Crippen LogP) is 3.94. The second-order valence-corrected chi connectivity index (χ2v) is 6.15. The molecule has 7 heteroatoms. The van der Waals surface area contributed by atoms with Gasteiger partial charge in [0.05, 0.1) is 5.69 Å². The zero-order chi connectivity index (χ0) is 17.9. The number of nitrogens with one attached hydrogen (secondary N) is 1. The van der Waals surface area contributed by atoms with E-state index >= 15 is 0 Å². The first kappa shape index (κ1) is 18.0. The number of hydrogen-bond acceptors (Lipinski definition) is 5. The maximum absolute atomic E-state index is 12.3. The molecule has 0 aliphatic rings. The Hall–Kier alpha value is -2.34. The Morgan fingerprint density at radius 2 is 2.00 bits per heavy atom. The van der Waals surface area contributed by atoms with E-state index in [-0.39, 0.29) is 11.5 Å². The van der Waals surface area contributed by atoms with Crippen LogP contribution in [0, 0.1) is 6.92 Å². The number of halogens is 1. The van der Waals surface area contributed by atoms with E-state index in [0.29, 0.717) is 22.2 Å². The number of aromatic nitrogens is 1. The number of carbonyl (C=O) groups is 2. The molecule has 1 amide bonds. The average molecular weight is 351 g/mol. The molecule has 0 aliphatic carbocycles. The third-order valence-corrected chi connectivity index (χ3v) is 3.60. The summed E-state index contributed by atoms with van der Waals surface area (Å²) in [7, 11) is 0. The van der Waals surface area contributed by atoms with Gasteiger partial charge in [-0.3, -0.25) is 4.79 Å². The molecule has 0 spiro atoms. The monoisotopic (exact) mass is 350 g/mol. The number of nitrogens with zero attached hydrogens (tertiary/aromatic N) is 1. The molecule has 0 unspecified atom stereocenters. The van der Waals surface area contributed by atoms with Gasteiger partial charge in [-0.2, -0.15) is 0 Å². The predicted molar refractivity (Wildman–Crippen MR) is 90.3 cm³/mol. The highest BCUT2D eigenvalue weighted by Crippen LogP contribution is 2.23. The van der Waals surface area contributed by atoms with E-state index in [0.717, 1.165) is 0 Å². The number of amides is 1. The second kappa shape index (κ2) is 7.49. The van der Waals surface area contributed by atoms with Crippen molar-refractivity contribution in [3.63, 3.8) is 0 Å². The van der Waals surface area contributed by atoms with Gasteiger partial charge in [-0.25, -0.2) is 4.79 Å². The van der Waals surface area contributed by atoms with Gasteiger partial charge in [0.1, 0.15) is 5.56 Å². The maximum atomic E-state index is 12.3. The molecule has 24 heavy (non-hydrogen) atoms. The molecule has 1 heterocycles. The molecule has 1 atom stereocenters. The number of benzene rings is 1. The molecule has 6 nitrogen and oxygen atoms in total. The van der Waals surface area contributed by atoms with Crippen molar-refractivity contribution in [1.82, 2.24) is 5.16 Å². The van der Waals surface area contributed by atoms with Crippen LogP contribution in [-0.2, 0) is 9.53 Å². The fourth-order valence-electron chi connectivity index (χ4n) is 2.11. The van der Waals surface area contributed by atoms with Crippen LogP contribution in [0.2, 0.25) is 5.02 Å². The summed E-state index contributed by atoms with van der Waals surface area (Å²) in [5.41, 5.74) is 1.23. The third kappa shape index (κ3) is 4.14. The topological polar surface area (TPSA) is 81.4 Å². The quantitative estimate of drug-likeness (QED) is 0.826. The molecule has 1 aromatic carbocycles. The summed E-state index contributed by atoms with van der Waals surface area (Å²) in [4.78, 5) is 24.5. The number of hydrogen-bond donors (Lipinski definition) is 1. The highest BCUT2D eigenvalue weighted by atomic mass is 35.5. The van der Waals surface area contributed by atoms with Crippen molar-refractivity contribution in [1.29, 1.82) is 0 Å². The van der Waals surface area contributed by atoms with Gasteiger partial charge < -0.3 is 14.6 Å². The Kier molecular flexibility index (Phi) is 5.62. The van der Waals surface area contributed by atoms with E-state index < -0.39 is 18.0 Å². The van der Waals surface area contributed by atoms with Crippen LogP contribution < -0.4 is 5.32 Å². The molecule has 2 aromatic rings. The van der Waals surface area contributed by atoms with Crippen LogP contribution in [0.15, 0.2) is 28.8 Å². The summed E-state index contributed by atoms with van der Waals surface area (Å²) >= 11 is 5.87. The van der Waals surface area contributed by atoms with Crippen LogP contribution >= 0.6 is 11.6 Å².